The summed E-state index contributed by atoms with van der Waals surface area (Å²) in [5.74, 6) is 1.28. The molecule has 0 radical (unpaired) electrons. The first-order valence-corrected chi connectivity index (χ1v) is 8.27. The zero-order chi connectivity index (χ0) is 13.3. The number of aromatic nitrogens is 1. The molecule has 1 saturated heterocycles. The number of para-hydroxylation sites is 1. The highest BCUT2D eigenvalue weighted by Gasteiger charge is 2.24. The molecule has 0 saturated carbocycles. The molecule has 0 bridgehead atoms. The van der Waals surface area contributed by atoms with Crippen LogP contribution in [-0.4, -0.2) is 30.9 Å². The van der Waals surface area contributed by atoms with Crippen molar-refractivity contribution in [3.8, 4) is 0 Å². The van der Waals surface area contributed by atoms with Gasteiger partial charge in [0.25, 0.3) is 0 Å². The maximum absolute atomic E-state index is 11.6. The maximum atomic E-state index is 11.6. The van der Waals surface area contributed by atoms with E-state index in [0.29, 0.717) is 5.75 Å². The van der Waals surface area contributed by atoms with Gasteiger partial charge in [-0.3, -0.25) is 0 Å². The molecule has 1 aliphatic heterocycles. The van der Waals surface area contributed by atoms with Gasteiger partial charge in [0.15, 0.2) is 9.84 Å². The third kappa shape index (κ3) is 2.87. The van der Waals surface area contributed by atoms with Gasteiger partial charge in [-0.2, -0.15) is 0 Å². The Morgan fingerprint density at radius 2 is 2.00 bits per heavy atom. The van der Waals surface area contributed by atoms with Gasteiger partial charge in [0.1, 0.15) is 5.82 Å². The van der Waals surface area contributed by atoms with Crippen LogP contribution in [0.3, 0.4) is 0 Å². The third-order valence-corrected chi connectivity index (χ3v) is 5.23. The van der Waals surface area contributed by atoms with Crippen LogP contribution in [0, 0.1) is 0 Å². The van der Waals surface area contributed by atoms with E-state index < -0.39 is 9.84 Å². The minimum absolute atomic E-state index is 0.0209. The molecule has 1 N–H and O–H groups in total. The minimum atomic E-state index is -2.88. The van der Waals surface area contributed by atoms with Crippen molar-refractivity contribution in [2.45, 2.75) is 18.9 Å². The standard InChI is InChI=1S/C14H16N2O2S/c17-19(18)9-3-5-12(10-19)15-14-8-7-11-4-1-2-6-13(11)16-14/h1-2,4,6-8,12H,3,5,9-10H2,(H,15,16). The molecule has 0 amide bonds. The zero-order valence-corrected chi connectivity index (χ0v) is 11.4. The lowest BCUT2D eigenvalue weighted by molar-refractivity contribution is 0.561. The van der Waals surface area contributed by atoms with Crippen molar-refractivity contribution in [3.63, 3.8) is 0 Å². The van der Waals surface area contributed by atoms with E-state index in [1.165, 1.54) is 0 Å². The largest absolute Gasteiger partial charge is 0.366 e. The first-order chi connectivity index (χ1) is 9.12. The molecule has 19 heavy (non-hydrogen) atoms. The molecule has 2 heterocycles. The second kappa shape index (κ2) is 4.81. The van der Waals surface area contributed by atoms with E-state index in [2.05, 4.69) is 10.3 Å². The van der Waals surface area contributed by atoms with E-state index in [0.717, 1.165) is 29.6 Å². The van der Waals surface area contributed by atoms with Gasteiger partial charge in [0, 0.05) is 11.4 Å². The van der Waals surface area contributed by atoms with Crippen LogP contribution in [0.5, 0.6) is 0 Å². The number of pyridine rings is 1. The molecule has 1 fully saturated rings. The second-order valence-corrected chi connectivity index (χ2v) is 7.22. The van der Waals surface area contributed by atoms with E-state index in [4.69, 9.17) is 0 Å². The molecular formula is C14H16N2O2S. The summed E-state index contributed by atoms with van der Waals surface area (Å²) < 4.78 is 23.2. The predicted octanol–water partition coefficient (Wildman–Crippen LogP) is 2.22. The summed E-state index contributed by atoms with van der Waals surface area (Å²) in [4.78, 5) is 4.51. The van der Waals surface area contributed by atoms with Gasteiger partial charge < -0.3 is 5.32 Å². The molecule has 4 nitrogen and oxygen atoms in total. The Morgan fingerprint density at radius 3 is 2.84 bits per heavy atom. The lowest BCUT2D eigenvalue weighted by Gasteiger charge is -2.23. The van der Waals surface area contributed by atoms with Crippen molar-refractivity contribution in [3.05, 3.63) is 36.4 Å². The third-order valence-electron chi connectivity index (χ3n) is 3.41. The first kappa shape index (κ1) is 12.4. The van der Waals surface area contributed by atoms with Gasteiger partial charge in [0.2, 0.25) is 0 Å². The molecule has 2 aromatic rings. The van der Waals surface area contributed by atoms with Crippen molar-refractivity contribution in [1.29, 1.82) is 0 Å². The number of sulfone groups is 1. The van der Waals surface area contributed by atoms with E-state index >= 15 is 0 Å². The fraction of sp³-hybridized carbons (Fsp3) is 0.357. The van der Waals surface area contributed by atoms with Crippen molar-refractivity contribution in [2.75, 3.05) is 16.8 Å². The summed E-state index contributed by atoms with van der Waals surface area (Å²) in [5.41, 5.74) is 0.922. The number of nitrogens with one attached hydrogen (secondary N) is 1. The maximum Gasteiger partial charge on any atom is 0.152 e. The van der Waals surface area contributed by atoms with Gasteiger partial charge in [0.05, 0.1) is 17.0 Å². The van der Waals surface area contributed by atoms with Crippen molar-refractivity contribution in [1.82, 2.24) is 4.98 Å². The van der Waals surface area contributed by atoms with E-state index in [1.54, 1.807) is 0 Å². The normalized spacial score (nSPS) is 22.2. The molecule has 1 aromatic carbocycles. The molecule has 1 unspecified atom stereocenters. The summed E-state index contributed by atoms with van der Waals surface area (Å²) in [7, 11) is -2.88. The lowest BCUT2D eigenvalue weighted by Crippen LogP contribution is -2.35. The number of benzene rings is 1. The van der Waals surface area contributed by atoms with Gasteiger partial charge in [-0.05, 0) is 31.0 Å². The molecule has 0 spiro atoms. The Morgan fingerprint density at radius 1 is 1.16 bits per heavy atom. The number of hydrogen-bond acceptors (Lipinski definition) is 4. The molecule has 0 aliphatic carbocycles. The minimum Gasteiger partial charge on any atom is -0.366 e. The zero-order valence-electron chi connectivity index (χ0n) is 10.5. The Bertz CT molecular complexity index is 697. The SMILES string of the molecule is O=S1(=O)CCCC(Nc2ccc3ccccc3n2)C1. The molecule has 100 valence electrons. The van der Waals surface area contributed by atoms with Crippen molar-refractivity contribution < 1.29 is 8.42 Å². The van der Waals surface area contributed by atoms with Gasteiger partial charge in [-0.1, -0.05) is 18.2 Å². The van der Waals surface area contributed by atoms with E-state index in [-0.39, 0.29) is 11.8 Å². The van der Waals surface area contributed by atoms with Crippen LogP contribution in [0.4, 0.5) is 5.82 Å². The topological polar surface area (TPSA) is 59.1 Å². The quantitative estimate of drug-likeness (QED) is 0.913. The summed E-state index contributed by atoms with van der Waals surface area (Å²) in [6, 6.07) is 11.8. The monoisotopic (exact) mass is 276 g/mol. The fourth-order valence-corrected chi connectivity index (χ4v) is 4.13. The Labute approximate surface area is 112 Å². The number of rotatable bonds is 2. The lowest BCUT2D eigenvalue weighted by atomic mass is 10.2. The molecule has 5 heteroatoms. The Kier molecular flexibility index (Phi) is 3.14. The van der Waals surface area contributed by atoms with Crippen molar-refractivity contribution >= 4 is 26.6 Å². The predicted molar refractivity (Wildman–Crippen MR) is 77.0 cm³/mol. The van der Waals surface area contributed by atoms with Crippen LogP contribution >= 0.6 is 0 Å². The summed E-state index contributed by atoms with van der Waals surface area (Å²) in [6.45, 7) is 0. The van der Waals surface area contributed by atoms with Crippen molar-refractivity contribution in [2.24, 2.45) is 0 Å². The average molecular weight is 276 g/mol. The number of hydrogen-bond donors (Lipinski definition) is 1. The highest BCUT2D eigenvalue weighted by molar-refractivity contribution is 7.91. The summed E-state index contributed by atoms with van der Waals surface area (Å²) in [5, 5.41) is 4.33. The highest BCUT2D eigenvalue weighted by Crippen LogP contribution is 2.19. The highest BCUT2D eigenvalue weighted by atomic mass is 32.2. The molecule has 3 rings (SSSR count). The Hall–Kier alpha value is -1.62. The first-order valence-electron chi connectivity index (χ1n) is 6.45. The smallest absolute Gasteiger partial charge is 0.152 e. The number of fused-ring (bicyclic) bond motifs is 1. The van der Waals surface area contributed by atoms with Gasteiger partial charge >= 0.3 is 0 Å². The van der Waals surface area contributed by atoms with Crippen LogP contribution in [0.2, 0.25) is 0 Å². The van der Waals surface area contributed by atoms with Crippen LogP contribution in [-0.2, 0) is 9.84 Å². The summed E-state index contributed by atoms with van der Waals surface area (Å²) >= 11 is 0. The molecular weight excluding hydrogens is 260 g/mol. The van der Waals surface area contributed by atoms with Crippen LogP contribution in [0.15, 0.2) is 36.4 Å². The van der Waals surface area contributed by atoms with Crippen LogP contribution in [0.1, 0.15) is 12.8 Å². The molecule has 1 aliphatic rings. The van der Waals surface area contributed by atoms with Gasteiger partial charge in [-0.15, -0.1) is 0 Å². The average Bonchev–Trinajstić information content (AvgIpc) is 2.37. The van der Waals surface area contributed by atoms with Gasteiger partial charge in [-0.25, -0.2) is 13.4 Å². The van der Waals surface area contributed by atoms with Crippen LogP contribution < -0.4 is 5.32 Å². The second-order valence-electron chi connectivity index (χ2n) is 4.99. The number of anilines is 1. The Balaban J connectivity index is 1.81. The van der Waals surface area contributed by atoms with Crippen LogP contribution in [0.25, 0.3) is 10.9 Å². The molecule has 1 atom stereocenters. The summed E-state index contributed by atoms with van der Waals surface area (Å²) in [6.07, 6.45) is 1.61. The van der Waals surface area contributed by atoms with E-state index in [9.17, 15) is 8.42 Å². The number of nitrogens with zero attached hydrogens (tertiary/aromatic N) is 1. The van der Waals surface area contributed by atoms with E-state index in [1.807, 2.05) is 36.4 Å². The molecule has 1 aromatic heterocycles. The fourth-order valence-electron chi connectivity index (χ4n) is 2.49.